The lowest BCUT2D eigenvalue weighted by atomic mass is 10.2. The number of aromatic nitrogens is 1. The predicted molar refractivity (Wildman–Crippen MR) is 64.3 cm³/mol. The Bertz CT molecular complexity index is 366. The first-order chi connectivity index (χ1) is 6.59. The van der Waals surface area contributed by atoms with Gasteiger partial charge in [0.2, 0.25) is 0 Å². The summed E-state index contributed by atoms with van der Waals surface area (Å²) in [5, 5.41) is 0.995. The molecule has 2 rings (SSSR count). The monoisotopic (exact) mass is 227 g/mol. The smallest absolute Gasteiger partial charge is 0.185 e. The van der Waals surface area contributed by atoms with Gasteiger partial charge in [-0.3, -0.25) is 0 Å². The molecule has 0 aliphatic heterocycles. The fourth-order valence-corrected chi connectivity index (χ4v) is 2.48. The van der Waals surface area contributed by atoms with Crippen LogP contribution in [0.15, 0.2) is 0 Å². The van der Waals surface area contributed by atoms with Crippen LogP contribution >= 0.6 is 23.6 Å². The van der Waals surface area contributed by atoms with Crippen molar-refractivity contribution in [2.24, 2.45) is 5.73 Å². The van der Waals surface area contributed by atoms with Gasteiger partial charge in [-0.25, -0.2) is 4.98 Å². The van der Waals surface area contributed by atoms with Crippen molar-refractivity contribution in [2.75, 3.05) is 19.0 Å². The van der Waals surface area contributed by atoms with Crippen LogP contribution in [-0.2, 0) is 0 Å². The Hall–Kier alpha value is -0.680. The third-order valence-corrected chi connectivity index (χ3v) is 3.82. The number of nitrogens with zero attached hydrogens (tertiary/aromatic N) is 2. The molecule has 0 amide bonds. The molecule has 1 aliphatic rings. The van der Waals surface area contributed by atoms with Gasteiger partial charge in [-0.1, -0.05) is 23.6 Å². The van der Waals surface area contributed by atoms with Crippen LogP contribution in [0.4, 0.5) is 5.13 Å². The van der Waals surface area contributed by atoms with Gasteiger partial charge in [0.25, 0.3) is 0 Å². The van der Waals surface area contributed by atoms with E-state index in [1.165, 1.54) is 12.8 Å². The molecule has 76 valence electrons. The highest BCUT2D eigenvalue weighted by Crippen LogP contribution is 2.43. The fraction of sp³-hybridized carbons (Fsp3) is 0.556. The lowest BCUT2D eigenvalue weighted by Crippen LogP contribution is -2.09. The molecular formula is C9H13N3S2. The van der Waals surface area contributed by atoms with Crippen LogP contribution in [0.2, 0.25) is 0 Å². The van der Waals surface area contributed by atoms with E-state index in [1.54, 1.807) is 11.3 Å². The Labute approximate surface area is 92.9 Å². The molecule has 3 nitrogen and oxygen atoms in total. The van der Waals surface area contributed by atoms with Gasteiger partial charge < -0.3 is 10.6 Å². The molecule has 2 N–H and O–H groups in total. The first-order valence-electron chi connectivity index (χ1n) is 4.57. The molecule has 0 bridgehead atoms. The average molecular weight is 227 g/mol. The summed E-state index contributed by atoms with van der Waals surface area (Å²) in [7, 11) is 3.97. The molecule has 1 aromatic rings. The van der Waals surface area contributed by atoms with Crippen molar-refractivity contribution in [1.82, 2.24) is 4.98 Å². The van der Waals surface area contributed by atoms with Gasteiger partial charge in [-0.15, -0.1) is 0 Å². The van der Waals surface area contributed by atoms with E-state index in [0.29, 0.717) is 10.9 Å². The summed E-state index contributed by atoms with van der Waals surface area (Å²) in [6.45, 7) is 0. The molecular weight excluding hydrogens is 214 g/mol. The maximum atomic E-state index is 5.68. The van der Waals surface area contributed by atoms with Crippen molar-refractivity contribution >= 4 is 33.7 Å². The maximum Gasteiger partial charge on any atom is 0.185 e. The van der Waals surface area contributed by atoms with Crippen LogP contribution in [0.5, 0.6) is 0 Å². The largest absolute Gasteiger partial charge is 0.389 e. The third kappa shape index (κ3) is 1.74. The lowest BCUT2D eigenvalue weighted by molar-refractivity contribution is 1.01. The Morgan fingerprint density at radius 2 is 2.21 bits per heavy atom. The van der Waals surface area contributed by atoms with Crippen LogP contribution in [0, 0.1) is 0 Å². The molecule has 0 aromatic carbocycles. The van der Waals surface area contributed by atoms with Crippen LogP contribution in [0.25, 0.3) is 0 Å². The van der Waals surface area contributed by atoms with E-state index in [4.69, 9.17) is 18.0 Å². The number of hydrogen-bond acceptors (Lipinski definition) is 4. The second kappa shape index (κ2) is 3.47. The predicted octanol–water partition coefficient (Wildman–Crippen LogP) is 1.72. The van der Waals surface area contributed by atoms with Crippen molar-refractivity contribution in [3.8, 4) is 0 Å². The van der Waals surface area contributed by atoms with Gasteiger partial charge in [0.15, 0.2) is 5.13 Å². The first kappa shape index (κ1) is 9.86. The number of anilines is 1. The van der Waals surface area contributed by atoms with Gasteiger partial charge in [-0.2, -0.15) is 0 Å². The van der Waals surface area contributed by atoms with Crippen LogP contribution in [-0.4, -0.2) is 24.1 Å². The standard InChI is InChI=1S/C9H13N3S2/c1-12(2)9-11-6(5-3-4-5)7(14-9)8(10)13/h5H,3-4H2,1-2H3,(H2,10,13). The molecule has 1 heterocycles. The topological polar surface area (TPSA) is 42.2 Å². The molecule has 0 spiro atoms. The quantitative estimate of drug-likeness (QED) is 0.798. The molecule has 1 fully saturated rings. The Morgan fingerprint density at radius 3 is 2.64 bits per heavy atom. The van der Waals surface area contributed by atoms with Crippen LogP contribution < -0.4 is 10.6 Å². The highest BCUT2D eigenvalue weighted by molar-refractivity contribution is 7.81. The highest BCUT2D eigenvalue weighted by Gasteiger charge is 2.30. The first-order valence-corrected chi connectivity index (χ1v) is 5.80. The lowest BCUT2D eigenvalue weighted by Gasteiger charge is -2.05. The molecule has 14 heavy (non-hydrogen) atoms. The van der Waals surface area contributed by atoms with Crippen molar-refractivity contribution in [2.45, 2.75) is 18.8 Å². The second-order valence-electron chi connectivity index (χ2n) is 3.74. The van der Waals surface area contributed by atoms with Crippen LogP contribution in [0.3, 0.4) is 0 Å². The summed E-state index contributed by atoms with van der Waals surface area (Å²) in [5.41, 5.74) is 6.79. The van der Waals surface area contributed by atoms with Crippen molar-refractivity contribution < 1.29 is 0 Å². The summed E-state index contributed by atoms with van der Waals surface area (Å²) in [6, 6.07) is 0. The van der Waals surface area contributed by atoms with Gasteiger partial charge in [-0.05, 0) is 12.8 Å². The van der Waals surface area contributed by atoms with Crippen molar-refractivity contribution in [3.63, 3.8) is 0 Å². The molecule has 0 saturated heterocycles. The van der Waals surface area contributed by atoms with Crippen molar-refractivity contribution in [3.05, 3.63) is 10.6 Å². The van der Waals surface area contributed by atoms with E-state index < -0.39 is 0 Å². The zero-order chi connectivity index (χ0) is 10.3. The molecule has 0 unspecified atom stereocenters. The van der Waals surface area contributed by atoms with E-state index in [9.17, 15) is 0 Å². The molecule has 1 aliphatic carbocycles. The summed E-state index contributed by atoms with van der Waals surface area (Å²) in [4.78, 5) is 8.06. The Balaban J connectivity index is 2.40. The van der Waals surface area contributed by atoms with E-state index >= 15 is 0 Å². The highest BCUT2D eigenvalue weighted by atomic mass is 32.1. The second-order valence-corrected chi connectivity index (χ2v) is 5.16. The summed E-state index contributed by atoms with van der Waals surface area (Å²) >= 11 is 6.62. The molecule has 1 aromatic heterocycles. The van der Waals surface area contributed by atoms with E-state index in [2.05, 4.69) is 4.98 Å². The number of rotatable bonds is 3. The molecule has 0 atom stereocenters. The third-order valence-electron chi connectivity index (χ3n) is 2.21. The minimum Gasteiger partial charge on any atom is -0.389 e. The van der Waals surface area contributed by atoms with Crippen LogP contribution in [0.1, 0.15) is 29.3 Å². The Kier molecular flexibility index (Phi) is 2.45. The average Bonchev–Trinajstić information content (AvgIpc) is 2.83. The summed E-state index contributed by atoms with van der Waals surface area (Å²) in [6.07, 6.45) is 2.46. The SMILES string of the molecule is CN(C)c1nc(C2CC2)c(C(N)=S)s1. The van der Waals surface area contributed by atoms with Gasteiger partial charge in [0.1, 0.15) is 4.99 Å². The zero-order valence-electron chi connectivity index (χ0n) is 8.28. The molecule has 0 radical (unpaired) electrons. The zero-order valence-corrected chi connectivity index (χ0v) is 9.91. The van der Waals surface area contributed by atoms with E-state index in [0.717, 1.165) is 15.7 Å². The number of thiazole rings is 1. The minimum absolute atomic E-state index is 0.484. The number of thiocarbonyl (C=S) groups is 1. The summed E-state index contributed by atoms with van der Waals surface area (Å²) < 4.78 is 0. The molecule has 5 heteroatoms. The van der Waals surface area contributed by atoms with Crippen molar-refractivity contribution in [1.29, 1.82) is 0 Å². The molecule has 1 saturated carbocycles. The number of hydrogen-bond donors (Lipinski definition) is 1. The summed E-state index contributed by atoms with van der Waals surface area (Å²) in [5.74, 6) is 0.608. The van der Waals surface area contributed by atoms with E-state index in [1.807, 2.05) is 19.0 Å². The fourth-order valence-electron chi connectivity index (χ4n) is 1.32. The van der Waals surface area contributed by atoms with Gasteiger partial charge in [0, 0.05) is 20.0 Å². The van der Waals surface area contributed by atoms with Gasteiger partial charge in [0.05, 0.1) is 10.6 Å². The number of nitrogens with two attached hydrogens (primary N) is 1. The van der Waals surface area contributed by atoms with Gasteiger partial charge >= 0.3 is 0 Å². The minimum atomic E-state index is 0.484. The Morgan fingerprint density at radius 1 is 1.57 bits per heavy atom. The normalized spacial score (nSPS) is 15.6. The maximum absolute atomic E-state index is 5.68. The van der Waals surface area contributed by atoms with E-state index in [-0.39, 0.29) is 0 Å².